The van der Waals surface area contributed by atoms with E-state index in [1.54, 1.807) is 17.0 Å². The van der Waals surface area contributed by atoms with Gasteiger partial charge in [-0.2, -0.15) is 0 Å². The molecule has 34 heavy (non-hydrogen) atoms. The molecule has 9 heteroatoms. The highest BCUT2D eigenvalue weighted by atomic mass is 32.2. The van der Waals surface area contributed by atoms with E-state index in [0.717, 1.165) is 10.6 Å². The number of thioether (sulfide) groups is 1. The fourth-order valence-electron chi connectivity index (χ4n) is 4.12. The molecule has 1 atom stereocenters. The summed E-state index contributed by atoms with van der Waals surface area (Å²) in [7, 11) is 0. The first kappa shape index (κ1) is 23.9. The van der Waals surface area contributed by atoms with Crippen LogP contribution in [0.15, 0.2) is 47.4 Å². The first-order chi connectivity index (χ1) is 16.5. The molecule has 3 amide bonds. The first-order valence-corrected chi connectivity index (χ1v) is 12.4. The van der Waals surface area contributed by atoms with E-state index in [1.165, 1.54) is 11.8 Å². The lowest BCUT2D eigenvalue weighted by Crippen LogP contribution is -2.48. The quantitative estimate of drug-likeness (QED) is 0.582. The number of amides is 3. The Morgan fingerprint density at radius 2 is 1.82 bits per heavy atom. The molecule has 2 aliphatic heterocycles. The molecule has 2 aromatic carbocycles. The van der Waals surface area contributed by atoms with Gasteiger partial charge in [0.25, 0.3) is 0 Å². The molecule has 0 bridgehead atoms. The number of carbonyl (C=O) groups excluding carboxylic acids is 3. The van der Waals surface area contributed by atoms with Crippen molar-refractivity contribution in [3.05, 3.63) is 42.5 Å². The second kappa shape index (κ2) is 10.8. The Balaban J connectivity index is 1.36. The summed E-state index contributed by atoms with van der Waals surface area (Å²) < 4.78 is 11.2. The minimum Gasteiger partial charge on any atom is -0.494 e. The number of rotatable bonds is 7. The zero-order chi connectivity index (χ0) is 24.1. The van der Waals surface area contributed by atoms with Crippen molar-refractivity contribution < 1.29 is 23.9 Å². The van der Waals surface area contributed by atoms with Crippen molar-refractivity contribution in [1.29, 1.82) is 0 Å². The van der Waals surface area contributed by atoms with Gasteiger partial charge < -0.3 is 25.0 Å². The summed E-state index contributed by atoms with van der Waals surface area (Å²) in [5, 5.41) is 4.98. The number of anilines is 2. The van der Waals surface area contributed by atoms with E-state index in [1.807, 2.05) is 44.2 Å². The Bertz CT molecular complexity index is 1070. The van der Waals surface area contributed by atoms with Gasteiger partial charge in [0.05, 0.1) is 24.6 Å². The van der Waals surface area contributed by atoms with Gasteiger partial charge in [-0.25, -0.2) is 0 Å². The van der Waals surface area contributed by atoms with E-state index < -0.39 is 5.25 Å². The molecule has 2 aliphatic rings. The van der Waals surface area contributed by atoms with E-state index in [9.17, 15) is 14.4 Å². The van der Waals surface area contributed by atoms with Crippen molar-refractivity contribution in [3.63, 3.8) is 0 Å². The van der Waals surface area contributed by atoms with Crippen molar-refractivity contribution in [2.24, 2.45) is 5.92 Å². The van der Waals surface area contributed by atoms with Gasteiger partial charge in [-0.15, -0.1) is 11.8 Å². The zero-order valence-corrected chi connectivity index (χ0v) is 20.2. The molecule has 0 saturated carbocycles. The number of hydrogen-bond acceptors (Lipinski definition) is 6. The SMILES string of the molecule is CCOc1ccc(OCC)c(NC(=O)C2CCN(C(=O)[C@H]3Sc4ccccc4NC3=O)CC2)c1. The highest BCUT2D eigenvalue weighted by Gasteiger charge is 2.37. The van der Waals surface area contributed by atoms with Crippen molar-refractivity contribution >= 4 is 40.9 Å². The molecule has 1 saturated heterocycles. The summed E-state index contributed by atoms with van der Waals surface area (Å²) in [4.78, 5) is 41.1. The third kappa shape index (κ3) is 5.30. The van der Waals surface area contributed by atoms with Gasteiger partial charge in [0.1, 0.15) is 11.5 Å². The minimum atomic E-state index is -0.810. The molecule has 180 valence electrons. The second-order valence-corrected chi connectivity index (χ2v) is 9.24. The monoisotopic (exact) mass is 483 g/mol. The Kier molecular flexibility index (Phi) is 7.62. The van der Waals surface area contributed by atoms with Crippen LogP contribution in [0.3, 0.4) is 0 Å². The predicted octanol–water partition coefficient (Wildman–Crippen LogP) is 3.77. The molecule has 1 fully saturated rings. The zero-order valence-electron chi connectivity index (χ0n) is 19.3. The molecule has 0 radical (unpaired) electrons. The Morgan fingerprint density at radius 3 is 2.56 bits per heavy atom. The molecule has 0 spiro atoms. The summed E-state index contributed by atoms with van der Waals surface area (Å²) >= 11 is 1.28. The average molecular weight is 484 g/mol. The standard InChI is InChI=1S/C25H29N3O5S/c1-3-32-17-9-10-20(33-4-2)19(15-17)27-23(29)16-11-13-28(14-12-16)25(31)22-24(30)26-18-7-5-6-8-21(18)34-22/h5-10,15-16,22H,3-4,11-14H2,1-2H3,(H,26,30)(H,27,29)/t22-/m0/s1. The lowest BCUT2D eigenvalue weighted by atomic mass is 9.95. The molecule has 2 aromatic rings. The number of para-hydroxylation sites is 1. The van der Waals surface area contributed by atoms with Crippen LogP contribution in [0.2, 0.25) is 0 Å². The van der Waals surface area contributed by atoms with Gasteiger partial charge in [0.15, 0.2) is 5.25 Å². The van der Waals surface area contributed by atoms with E-state index in [-0.39, 0.29) is 23.6 Å². The van der Waals surface area contributed by atoms with E-state index in [4.69, 9.17) is 9.47 Å². The molecule has 0 aromatic heterocycles. The number of hydrogen-bond donors (Lipinski definition) is 2. The maximum absolute atomic E-state index is 13.1. The van der Waals surface area contributed by atoms with E-state index in [2.05, 4.69) is 10.6 Å². The third-order valence-corrected chi connectivity index (χ3v) is 7.11. The van der Waals surface area contributed by atoms with Crippen molar-refractivity contribution in [3.8, 4) is 11.5 Å². The average Bonchev–Trinajstić information content (AvgIpc) is 2.85. The highest BCUT2D eigenvalue weighted by molar-refractivity contribution is 8.01. The number of piperidine rings is 1. The Hall–Kier alpha value is -3.20. The van der Waals surface area contributed by atoms with Gasteiger partial charge >= 0.3 is 0 Å². The van der Waals surface area contributed by atoms with Crippen LogP contribution in [0.25, 0.3) is 0 Å². The van der Waals surface area contributed by atoms with Gasteiger partial charge in [0, 0.05) is 30.0 Å². The minimum absolute atomic E-state index is 0.111. The topological polar surface area (TPSA) is 97.0 Å². The lowest BCUT2D eigenvalue weighted by molar-refractivity contribution is -0.136. The van der Waals surface area contributed by atoms with E-state index in [0.29, 0.717) is 56.3 Å². The van der Waals surface area contributed by atoms with Gasteiger partial charge in [-0.3, -0.25) is 14.4 Å². The Morgan fingerprint density at radius 1 is 1.09 bits per heavy atom. The third-order valence-electron chi connectivity index (χ3n) is 5.85. The molecule has 4 rings (SSSR count). The highest BCUT2D eigenvalue weighted by Crippen LogP contribution is 2.37. The number of fused-ring (bicyclic) bond motifs is 1. The summed E-state index contributed by atoms with van der Waals surface area (Å²) in [6.07, 6.45) is 1.06. The summed E-state index contributed by atoms with van der Waals surface area (Å²) in [6.45, 7) is 5.65. The number of nitrogens with zero attached hydrogens (tertiary/aromatic N) is 1. The van der Waals surface area contributed by atoms with E-state index >= 15 is 0 Å². The summed E-state index contributed by atoms with van der Waals surface area (Å²) in [5.74, 6) is 0.396. The molecule has 8 nitrogen and oxygen atoms in total. The van der Waals surface area contributed by atoms with Crippen molar-refractivity contribution in [2.75, 3.05) is 36.9 Å². The molecular weight excluding hydrogens is 454 g/mol. The number of carbonyl (C=O) groups is 3. The van der Waals surface area contributed by atoms with Crippen molar-refractivity contribution in [1.82, 2.24) is 4.90 Å². The molecule has 0 unspecified atom stereocenters. The lowest BCUT2D eigenvalue weighted by Gasteiger charge is -2.34. The van der Waals surface area contributed by atoms with Gasteiger partial charge in [-0.1, -0.05) is 12.1 Å². The van der Waals surface area contributed by atoms with Crippen LogP contribution in [-0.4, -0.2) is 54.2 Å². The maximum Gasteiger partial charge on any atom is 0.247 e. The van der Waals surface area contributed by atoms with Crippen LogP contribution in [0.4, 0.5) is 11.4 Å². The fourth-order valence-corrected chi connectivity index (χ4v) is 5.19. The molecule has 2 N–H and O–H groups in total. The number of benzene rings is 2. The Labute approximate surface area is 203 Å². The largest absolute Gasteiger partial charge is 0.494 e. The van der Waals surface area contributed by atoms with Gasteiger partial charge in [-0.05, 0) is 51.0 Å². The van der Waals surface area contributed by atoms with Crippen LogP contribution in [-0.2, 0) is 14.4 Å². The number of nitrogens with one attached hydrogen (secondary N) is 2. The maximum atomic E-state index is 13.1. The number of likely N-dealkylation sites (tertiary alicyclic amines) is 1. The summed E-state index contributed by atoms with van der Waals surface area (Å²) in [6, 6.07) is 12.8. The molecule has 2 heterocycles. The fraction of sp³-hybridized carbons (Fsp3) is 0.400. The smallest absolute Gasteiger partial charge is 0.247 e. The summed E-state index contributed by atoms with van der Waals surface area (Å²) in [5.41, 5.74) is 1.31. The van der Waals surface area contributed by atoms with Crippen LogP contribution in [0, 0.1) is 5.92 Å². The van der Waals surface area contributed by atoms with Gasteiger partial charge in [0.2, 0.25) is 17.7 Å². The van der Waals surface area contributed by atoms with Crippen LogP contribution in [0.5, 0.6) is 11.5 Å². The van der Waals surface area contributed by atoms with Crippen LogP contribution in [0.1, 0.15) is 26.7 Å². The van der Waals surface area contributed by atoms with Crippen LogP contribution < -0.4 is 20.1 Å². The molecule has 0 aliphatic carbocycles. The normalized spacial score (nSPS) is 18.0. The van der Waals surface area contributed by atoms with Crippen molar-refractivity contribution in [2.45, 2.75) is 36.8 Å². The van der Waals surface area contributed by atoms with Crippen LogP contribution >= 0.6 is 11.8 Å². The predicted molar refractivity (Wildman–Crippen MR) is 131 cm³/mol. The first-order valence-electron chi connectivity index (χ1n) is 11.6. The molecular formula is C25H29N3O5S. The number of ether oxygens (including phenoxy) is 2. The second-order valence-electron chi connectivity index (χ2n) is 8.10.